The molecule has 1 heterocycles. The summed E-state index contributed by atoms with van der Waals surface area (Å²) < 4.78 is 3.02. The van der Waals surface area contributed by atoms with Crippen LogP contribution >= 0.6 is 15.9 Å². The van der Waals surface area contributed by atoms with E-state index in [9.17, 15) is 9.59 Å². The van der Waals surface area contributed by atoms with E-state index in [2.05, 4.69) is 21.2 Å². The highest BCUT2D eigenvalue weighted by molar-refractivity contribution is 9.10. The summed E-state index contributed by atoms with van der Waals surface area (Å²) >= 11 is 3.29. The molecule has 2 rings (SSSR count). The van der Waals surface area contributed by atoms with Gasteiger partial charge >= 0.3 is 5.69 Å². The Bertz CT molecular complexity index is 518. The van der Waals surface area contributed by atoms with Crippen LogP contribution < -0.4 is 16.6 Å². The summed E-state index contributed by atoms with van der Waals surface area (Å²) in [5, 5.41) is 3.33. The van der Waals surface area contributed by atoms with E-state index in [-0.39, 0.29) is 11.2 Å². The zero-order valence-electron chi connectivity index (χ0n) is 10.7. The van der Waals surface area contributed by atoms with Crippen molar-refractivity contribution in [3.05, 3.63) is 25.3 Å². The maximum absolute atomic E-state index is 11.9. The molecule has 1 aromatic rings. The molecule has 0 atom stereocenters. The van der Waals surface area contributed by atoms with Crippen LogP contribution in [-0.4, -0.2) is 15.2 Å². The van der Waals surface area contributed by atoms with Gasteiger partial charge < -0.3 is 5.32 Å². The quantitative estimate of drug-likeness (QED) is 0.901. The van der Waals surface area contributed by atoms with Gasteiger partial charge in [0.1, 0.15) is 10.3 Å². The zero-order chi connectivity index (χ0) is 13.3. The van der Waals surface area contributed by atoms with Crippen molar-refractivity contribution in [3.63, 3.8) is 0 Å². The van der Waals surface area contributed by atoms with Crippen molar-refractivity contribution < 1.29 is 0 Å². The highest BCUT2D eigenvalue weighted by atomic mass is 79.9. The van der Waals surface area contributed by atoms with E-state index in [0.29, 0.717) is 16.3 Å². The van der Waals surface area contributed by atoms with Gasteiger partial charge in [-0.2, -0.15) is 0 Å². The zero-order valence-corrected chi connectivity index (χ0v) is 12.3. The van der Waals surface area contributed by atoms with Gasteiger partial charge in [-0.1, -0.05) is 19.3 Å². The Kier molecular flexibility index (Phi) is 3.94. The summed E-state index contributed by atoms with van der Waals surface area (Å²) in [6.07, 6.45) is 5.86. The highest BCUT2D eigenvalue weighted by Gasteiger charge is 2.18. The summed E-state index contributed by atoms with van der Waals surface area (Å²) in [4.78, 5) is 23.7. The van der Waals surface area contributed by atoms with Crippen molar-refractivity contribution in [2.45, 2.75) is 38.1 Å². The minimum atomic E-state index is -0.304. The van der Waals surface area contributed by atoms with Crippen LogP contribution in [0.2, 0.25) is 0 Å². The Morgan fingerprint density at radius 1 is 1.11 bits per heavy atom. The van der Waals surface area contributed by atoms with Crippen LogP contribution in [0.4, 0.5) is 5.82 Å². The Balaban J connectivity index is 2.38. The number of nitrogens with one attached hydrogen (secondary N) is 1. The lowest BCUT2D eigenvalue weighted by Crippen LogP contribution is -2.40. The van der Waals surface area contributed by atoms with Gasteiger partial charge in [0.15, 0.2) is 0 Å². The summed E-state index contributed by atoms with van der Waals surface area (Å²) in [5.74, 6) is 0.593. The van der Waals surface area contributed by atoms with E-state index in [1.54, 1.807) is 7.05 Å². The lowest BCUT2D eigenvalue weighted by atomic mass is 9.95. The highest BCUT2D eigenvalue weighted by Crippen LogP contribution is 2.23. The topological polar surface area (TPSA) is 56.0 Å². The van der Waals surface area contributed by atoms with Crippen molar-refractivity contribution in [1.82, 2.24) is 9.13 Å². The Labute approximate surface area is 114 Å². The molecule has 100 valence electrons. The second-order valence-electron chi connectivity index (χ2n) is 4.85. The summed E-state index contributed by atoms with van der Waals surface area (Å²) in [6.45, 7) is 0. The molecule has 5 nitrogen and oxygen atoms in total. The summed E-state index contributed by atoms with van der Waals surface area (Å²) in [6, 6.07) is 0.354. The molecule has 1 aliphatic rings. The number of nitrogens with zero attached hydrogens (tertiary/aromatic N) is 2. The van der Waals surface area contributed by atoms with Gasteiger partial charge in [0.25, 0.3) is 5.56 Å². The number of halogens is 1. The molecule has 0 bridgehead atoms. The van der Waals surface area contributed by atoms with Gasteiger partial charge in [-0.15, -0.1) is 0 Å². The molecule has 0 amide bonds. The monoisotopic (exact) mass is 315 g/mol. The third-order valence-electron chi connectivity index (χ3n) is 3.56. The van der Waals surface area contributed by atoms with E-state index < -0.39 is 0 Å². The number of aromatic nitrogens is 2. The second-order valence-corrected chi connectivity index (χ2v) is 5.64. The maximum atomic E-state index is 11.9. The van der Waals surface area contributed by atoms with Crippen LogP contribution in [0.15, 0.2) is 14.1 Å². The van der Waals surface area contributed by atoms with Gasteiger partial charge in [0, 0.05) is 20.1 Å². The minimum Gasteiger partial charge on any atom is -0.368 e. The van der Waals surface area contributed by atoms with Crippen molar-refractivity contribution in [2.75, 3.05) is 5.32 Å². The van der Waals surface area contributed by atoms with E-state index in [1.807, 2.05) is 0 Å². The average molecular weight is 316 g/mol. The standard InChI is InChI=1S/C12H18BrN3O2/c1-15-10(14-8-6-4-3-5-7-8)9(13)11(17)16(2)12(15)18/h8,14H,3-7H2,1-2H3. The molecular weight excluding hydrogens is 298 g/mol. The van der Waals surface area contributed by atoms with Crippen molar-refractivity contribution in [1.29, 1.82) is 0 Å². The van der Waals surface area contributed by atoms with Gasteiger partial charge in [-0.05, 0) is 28.8 Å². The predicted octanol–water partition coefficient (Wildman–Crippen LogP) is 1.59. The van der Waals surface area contributed by atoms with Crippen molar-refractivity contribution in [2.24, 2.45) is 14.1 Å². The van der Waals surface area contributed by atoms with Crippen LogP contribution in [0, 0.1) is 0 Å². The SMILES string of the molecule is Cn1c(NC2CCCCC2)c(Br)c(=O)n(C)c1=O. The molecule has 1 aliphatic carbocycles. The van der Waals surface area contributed by atoms with Gasteiger partial charge in [0.2, 0.25) is 0 Å². The lowest BCUT2D eigenvalue weighted by molar-refractivity contribution is 0.459. The normalized spacial score (nSPS) is 16.8. The first-order valence-electron chi connectivity index (χ1n) is 6.24. The van der Waals surface area contributed by atoms with Crippen molar-refractivity contribution in [3.8, 4) is 0 Å². The first kappa shape index (κ1) is 13.4. The number of rotatable bonds is 2. The van der Waals surface area contributed by atoms with E-state index in [1.165, 1.54) is 30.9 Å². The van der Waals surface area contributed by atoms with E-state index in [4.69, 9.17) is 0 Å². The first-order valence-corrected chi connectivity index (χ1v) is 7.03. The first-order chi connectivity index (χ1) is 8.52. The molecule has 1 fully saturated rings. The molecule has 0 aliphatic heterocycles. The molecule has 1 N–H and O–H groups in total. The third kappa shape index (κ3) is 2.39. The van der Waals surface area contributed by atoms with E-state index >= 15 is 0 Å². The molecule has 0 radical (unpaired) electrons. The van der Waals surface area contributed by atoms with Crippen molar-refractivity contribution >= 4 is 21.7 Å². The lowest BCUT2D eigenvalue weighted by Gasteiger charge is -2.25. The van der Waals surface area contributed by atoms with Crippen LogP contribution in [0.25, 0.3) is 0 Å². The molecule has 18 heavy (non-hydrogen) atoms. The molecule has 0 aromatic carbocycles. The predicted molar refractivity (Wildman–Crippen MR) is 75.1 cm³/mol. The van der Waals surface area contributed by atoms with Gasteiger partial charge in [-0.25, -0.2) is 4.79 Å². The Morgan fingerprint density at radius 3 is 2.33 bits per heavy atom. The fourth-order valence-electron chi connectivity index (χ4n) is 2.40. The molecule has 1 aromatic heterocycles. The molecular formula is C12H18BrN3O2. The van der Waals surface area contributed by atoms with Crippen LogP contribution in [0.5, 0.6) is 0 Å². The maximum Gasteiger partial charge on any atom is 0.332 e. The molecule has 1 saturated carbocycles. The second kappa shape index (κ2) is 5.30. The molecule has 6 heteroatoms. The van der Waals surface area contributed by atoms with Gasteiger partial charge in [-0.3, -0.25) is 13.9 Å². The average Bonchev–Trinajstić information content (AvgIpc) is 2.40. The van der Waals surface area contributed by atoms with Crippen LogP contribution in [0.1, 0.15) is 32.1 Å². The van der Waals surface area contributed by atoms with Crippen LogP contribution in [0.3, 0.4) is 0 Å². The fourth-order valence-corrected chi connectivity index (χ4v) is 3.05. The van der Waals surface area contributed by atoms with Crippen LogP contribution in [-0.2, 0) is 14.1 Å². The smallest absolute Gasteiger partial charge is 0.332 e. The largest absolute Gasteiger partial charge is 0.368 e. The Hall–Kier alpha value is -1.04. The molecule has 0 unspecified atom stereocenters. The number of hydrogen-bond donors (Lipinski definition) is 1. The third-order valence-corrected chi connectivity index (χ3v) is 4.27. The number of anilines is 1. The van der Waals surface area contributed by atoms with Gasteiger partial charge in [0.05, 0.1) is 0 Å². The summed E-state index contributed by atoms with van der Waals surface area (Å²) in [7, 11) is 3.16. The molecule has 0 spiro atoms. The van der Waals surface area contributed by atoms with E-state index in [0.717, 1.165) is 17.4 Å². The summed E-state index contributed by atoms with van der Waals surface area (Å²) in [5.41, 5.74) is -0.599. The molecule has 0 saturated heterocycles. The number of hydrogen-bond acceptors (Lipinski definition) is 3. The minimum absolute atomic E-state index is 0.295. The Morgan fingerprint density at radius 2 is 1.72 bits per heavy atom. The fraction of sp³-hybridized carbons (Fsp3) is 0.667.